The maximum atomic E-state index is 15.1. The maximum absolute atomic E-state index is 15.1. The lowest BCUT2D eigenvalue weighted by atomic mass is 9.64. The minimum atomic E-state index is -3.96. The summed E-state index contributed by atoms with van der Waals surface area (Å²) in [5.41, 5.74) is 5.30. The molecule has 0 saturated carbocycles. The van der Waals surface area contributed by atoms with Gasteiger partial charge in [-0.15, -0.1) is 0 Å². The van der Waals surface area contributed by atoms with Gasteiger partial charge < -0.3 is 4.57 Å². The van der Waals surface area contributed by atoms with Gasteiger partial charge in [0.2, 0.25) is 9.84 Å². The number of rotatable bonds is 3. The van der Waals surface area contributed by atoms with Gasteiger partial charge in [-0.05, 0) is 57.3 Å². The van der Waals surface area contributed by atoms with E-state index in [2.05, 4.69) is 83.4 Å². The number of aromatic nitrogens is 1. The zero-order chi connectivity index (χ0) is 30.2. The Bertz CT molecular complexity index is 2510. The van der Waals surface area contributed by atoms with Gasteiger partial charge in [-0.2, -0.15) is 0 Å². The summed E-state index contributed by atoms with van der Waals surface area (Å²) in [6.07, 6.45) is 0. The summed E-state index contributed by atoms with van der Waals surface area (Å²) in [4.78, 5) is 0.698. The monoisotopic (exact) mass is 597 g/mol. The molecule has 1 aromatic heterocycles. The van der Waals surface area contributed by atoms with Crippen molar-refractivity contribution in [2.75, 3.05) is 0 Å². The third-order valence-corrected chi connectivity index (χ3v) is 11.3. The quantitative estimate of drug-likeness (QED) is 0.204. The number of hydrogen-bond acceptors (Lipinski definition) is 2. The van der Waals surface area contributed by atoms with Crippen molar-refractivity contribution in [3.63, 3.8) is 0 Å². The lowest BCUT2D eigenvalue weighted by Crippen LogP contribution is -2.37. The van der Waals surface area contributed by atoms with E-state index < -0.39 is 15.3 Å². The Labute approximate surface area is 261 Å². The van der Waals surface area contributed by atoms with Gasteiger partial charge in [0, 0.05) is 16.5 Å². The van der Waals surface area contributed by atoms with Crippen LogP contribution in [0.3, 0.4) is 0 Å². The molecule has 0 amide bonds. The smallest absolute Gasteiger partial charge is 0.209 e. The molecular weight excluding hydrogens is 571 g/mol. The Kier molecular flexibility index (Phi) is 5.50. The molecule has 0 fully saturated rings. The summed E-state index contributed by atoms with van der Waals surface area (Å²) in [6.45, 7) is 0. The molecule has 8 aromatic rings. The van der Waals surface area contributed by atoms with Crippen LogP contribution >= 0.6 is 0 Å². The fourth-order valence-corrected chi connectivity index (χ4v) is 9.56. The molecule has 1 aliphatic rings. The van der Waals surface area contributed by atoms with Gasteiger partial charge in [0.05, 0.1) is 21.3 Å². The minimum absolute atomic E-state index is 0.341. The molecule has 214 valence electrons. The van der Waals surface area contributed by atoms with E-state index in [-0.39, 0.29) is 0 Å². The SMILES string of the molecule is O=S1(=O)c2ccccc2C(c2ccccc2)(c2ccccc2)c2ccc3c4ccccc4n(-c4ccc5ccccc5c4)c3c21. The van der Waals surface area contributed by atoms with Crippen LogP contribution in [0.4, 0.5) is 0 Å². The van der Waals surface area contributed by atoms with E-state index in [1.165, 1.54) is 0 Å². The third kappa shape index (κ3) is 3.49. The first-order chi connectivity index (χ1) is 22.1. The Hall–Kier alpha value is -5.45. The van der Waals surface area contributed by atoms with E-state index in [4.69, 9.17) is 0 Å². The van der Waals surface area contributed by atoms with Crippen LogP contribution < -0.4 is 0 Å². The van der Waals surface area contributed by atoms with Gasteiger partial charge in [0.25, 0.3) is 0 Å². The van der Waals surface area contributed by atoms with E-state index >= 15 is 8.42 Å². The Morgan fingerprint density at radius 3 is 1.87 bits per heavy atom. The molecule has 7 aromatic carbocycles. The average molecular weight is 598 g/mol. The number of hydrogen-bond donors (Lipinski definition) is 0. The van der Waals surface area contributed by atoms with Crippen molar-refractivity contribution in [3.8, 4) is 5.69 Å². The van der Waals surface area contributed by atoms with Gasteiger partial charge in [0.15, 0.2) is 0 Å². The molecule has 1 aliphatic heterocycles. The number of nitrogens with zero attached hydrogens (tertiary/aromatic N) is 1. The predicted octanol–water partition coefficient (Wildman–Crippen LogP) is 9.47. The van der Waals surface area contributed by atoms with Gasteiger partial charge in [-0.1, -0.05) is 140 Å². The van der Waals surface area contributed by atoms with Crippen LogP contribution in [0.5, 0.6) is 0 Å². The standard InChI is InChI=1S/C41H27NO2S/c43-45(44)38-22-12-10-20-35(38)41(30-15-3-1-4-16-30,31-17-5-2-6-18-31)36-26-25-34-33-19-9-11-21-37(33)42(39(34)40(36)45)32-24-23-28-13-7-8-14-29(28)27-32/h1-27H. The largest absolute Gasteiger partial charge is 0.308 e. The molecule has 0 unspecified atom stereocenters. The van der Waals surface area contributed by atoms with E-state index in [0.29, 0.717) is 15.3 Å². The second-order valence-electron chi connectivity index (χ2n) is 11.7. The lowest BCUT2D eigenvalue weighted by molar-refractivity contribution is 0.580. The van der Waals surface area contributed by atoms with E-state index in [1.807, 2.05) is 78.9 Å². The molecule has 3 nitrogen and oxygen atoms in total. The van der Waals surface area contributed by atoms with E-state index in [0.717, 1.165) is 55.0 Å². The van der Waals surface area contributed by atoms with Crippen LogP contribution in [-0.2, 0) is 15.3 Å². The summed E-state index contributed by atoms with van der Waals surface area (Å²) in [5.74, 6) is 0. The van der Waals surface area contributed by atoms with Crippen LogP contribution in [0.25, 0.3) is 38.3 Å². The molecule has 0 bridgehead atoms. The van der Waals surface area contributed by atoms with Crippen LogP contribution in [-0.4, -0.2) is 13.0 Å². The highest BCUT2D eigenvalue weighted by atomic mass is 32.2. The van der Waals surface area contributed by atoms with Crippen molar-refractivity contribution < 1.29 is 8.42 Å². The van der Waals surface area contributed by atoms with Crippen LogP contribution in [0.15, 0.2) is 174 Å². The highest BCUT2D eigenvalue weighted by Crippen LogP contribution is 2.55. The molecule has 0 atom stereocenters. The third-order valence-electron chi connectivity index (χ3n) is 9.45. The Morgan fingerprint density at radius 1 is 0.489 bits per heavy atom. The molecule has 45 heavy (non-hydrogen) atoms. The van der Waals surface area contributed by atoms with Crippen LogP contribution in [0.2, 0.25) is 0 Å². The summed E-state index contributed by atoms with van der Waals surface area (Å²) < 4.78 is 32.4. The topological polar surface area (TPSA) is 39.1 Å². The first-order valence-electron chi connectivity index (χ1n) is 15.1. The second-order valence-corrected chi connectivity index (χ2v) is 13.6. The normalized spacial score (nSPS) is 14.8. The molecule has 0 saturated heterocycles. The second kappa shape index (κ2) is 9.52. The fraction of sp³-hybridized carbons (Fsp3) is 0.0244. The fourth-order valence-electron chi connectivity index (χ4n) is 7.61. The Balaban J connectivity index is 1.53. The van der Waals surface area contributed by atoms with Crippen molar-refractivity contribution in [1.29, 1.82) is 0 Å². The summed E-state index contributed by atoms with van der Waals surface area (Å²) in [6, 6.07) is 55.2. The number of sulfone groups is 1. The molecule has 0 N–H and O–H groups in total. The first kappa shape index (κ1) is 26.0. The van der Waals surface area contributed by atoms with Crippen LogP contribution in [0, 0.1) is 0 Å². The van der Waals surface area contributed by atoms with Gasteiger partial charge in [-0.25, -0.2) is 8.42 Å². The number of para-hydroxylation sites is 1. The van der Waals surface area contributed by atoms with Crippen LogP contribution in [0.1, 0.15) is 22.3 Å². The number of benzene rings is 7. The van der Waals surface area contributed by atoms with Crippen molar-refractivity contribution in [2.45, 2.75) is 15.2 Å². The van der Waals surface area contributed by atoms with Gasteiger partial charge in [0.1, 0.15) is 4.90 Å². The molecular formula is C41H27NO2S. The molecule has 4 heteroatoms. The van der Waals surface area contributed by atoms with Crippen molar-refractivity contribution in [2.24, 2.45) is 0 Å². The van der Waals surface area contributed by atoms with Crippen molar-refractivity contribution in [3.05, 3.63) is 186 Å². The maximum Gasteiger partial charge on any atom is 0.209 e. The van der Waals surface area contributed by atoms with Crippen molar-refractivity contribution >= 4 is 42.4 Å². The summed E-state index contributed by atoms with van der Waals surface area (Å²) in [7, 11) is -3.96. The highest BCUT2D eigenvalue weighted by Gasteiger charge is 2.50. The van der Waals surface area contributed by atoms with Gasteiger partial charge >= 0.3 is 0 Å². The van der Waals surface area contributed by atoms with Gasteiger partial charge in [-0.3, -0.25) is 0 Å². The summed E-state index contributed by atoms with van der Waals surface area (Å²) in [5, 5.41) is 4.16. The minimum Gasteiger partial charge on any atom is -0.308 e. The zero-order valence-electron chi connectivity index (χ0n) is 24.3. The van der Waals surface area contributed by atoms with E-state index in [9.17, 15) is 0 Å². The summed E-state index contributed by atoms with van der Waals surface area (Å²) >= 11 is 0. The molecule has 9 rings (SSSR count). The molecule has 0 radical (unpaired) electrons. The van der Waals surface area contributed by atoms with E-state index in [1.54, 1.807) is 6.07 Å². The Morgan fingerprint density at radius 2 is 1.11 bits per heavy atom. The van der Waals surface area contributed by atoms with Crippen molar-refractivity contribution in [1.82, 2.24) is 4.57 Å². The predicted molar refractivity (Wildman–Crippen MR) is 182 cm³/mol. The lowest BCUT2D eigenvalue weighted by Gasteiger charge is -2.42. The molecule has 0 aliphatic carbocycles. The average Bonchev–Trinajstić information content (AvgIpc) is 3.43. The zero-order valence-corrected chi connectivity index (χ0v) is 25.1. The number of fused-ring (bicyclic) bond motifs is 7. The molecule has 0 spiro atoms. The highest BCUT2D eigenvalue weighted by molar-refractivity contribution is 7.92. The first-order valence-corrected chi connectivity index (χ1v) is 16.6. The molecule has 2 heterocycles.